The summed E-state index contributed by atoms with van der Waals surface area (Å²) in [6.45, 7) is 0.403. The van der Waals surface area contributed by atoms with Gasteiger partial charge in [0.05, 0.1) is 5.75 Å². The van der Waals surface area contributed by atoms with Crippen LogP contribution in [0.5, 0.6) is 5.75 Å². The van der Waals surface area contributed by atoms with Crippen molar-refractivity contribution in [3.63, 3.8) is 0 Å². The Morgan fingerprint density at radius 1 is 1.00 bits per heavy atom. The molecule has 0 amide bonds. The molecule has 0 heterocycles. The van der Waals surface area contributed by atoms with Crippen LogP contribution in [0.2, 0.25) is 0 Å². The van der Waals surface area contributed by atoms with Crippen molar-refractivity contribution in [1.29, 1.82) is 0 Å². The second kappa shape index (κ2) is 10.4. The Bertz CT molecular complexity index is 1060. The Labute approximate surface area is 178 Å². The molecule has 3 rings (SSSR count). The van der Waals surface area contributed by atoms with Gasteiger partial charge in [-0.1, -0.05) is 48.5 Å². The first kappa shape index (κ1) is 21.3. The summed E-state index contributed by atoms with van der Waals surface area (Å²) in [7, 11) is 0. The molecule has 0 atom stereocenters. The first-order valence-corrected chi connectivity index (χ1v) is 10.1. The third-order valence-electron chi connectivity index (χ3n) is 4.14. The molecule has 0 saturated carbocycles. The summed E-state index contributed by atoms with van der Waals surface area (Å²) in [5, 5.41) is 8.70. The highest BCUT2D eigenvalue weighted by Gasteiger charge is 2.10. The summed E-state index contributed by atoms with van der Waals surface area (Å²) in [6, 6.07) is 21.1. The van der Waals surface area contributed by atoms with Gasteiger partial charge in [0.15, 0.2) is 5.78 Å². The average Bonchev–Trinajstić information content (AvgIpc) is 2.76. The lowest BCUT2D eigenvalue weighted by Crippen LogP contribution is -2.00. The van der Waals surface area contributed by atoms with Crippen molar-refractivity contribution in [1.82, 2.24) is 0 Å². The number of thioether (sulfide) groups is 1. The fraction of sp³-hybridized carbons (Fsp3) is 0.0833. The highest BCUT2D eigenvalue weighted by atomic mass is 32.2. The predicted octanol–water partition coefficient (Wildman–Crippen LogP) is 5.48. The molecule has 4 nitrogen and oxygen atoms in total. The second-order valence-corrected chi connectivity index (χ2v) is 7.35. The maximum atomic E-state index is 14.1. The molecular formula is C24H19FO4S. The van der Waals surface area contributed by atoms with E-state index in [-0.39, 0.29) is 22.0 Å². The van der Waals surface area contributed by atoms with E-state index in [2.05, 4.69) is 0 Å². The number of hydrogen-bond acceptors (Lipinski definition) is 4. The maximum absolute atomic E-state index is 14.1. The van der Waals surface area contributed by atoms with Gasteiger partial charge >= 0.3 is 5.97 Å². The molecule has 0 aliphatic carbocycles. The number of hydrogen-bond donors (Lipinski definition) is 1. The summed E-state index contributed by atoms with van der Waals surface area (Å²) in [5.74, 6) is -1.62. The van der Waals surface area contributed by atoms with Crippen LogP contribution in [0.3, 0.4) is 0 Å². The average molecular weight is 422 g/mol. The highest BCUT2D eigenvalue weighted by Crippen LogP contribution is 2.24. The smallest absolute Gasteiger partial charge is 0.313 e. The Morgan fingerprint density at radius 3 is 2.47 bits per heavy atom. The summed E-state index contributed by atoms with van der Waals surface area (Å²) >= 11 is 0.871. The van der Waals surface area contributed by atoms with E-state index in [9.17, 15) is 14.0 Å². The van der Waals surface area contributed by atoms with E-state index in [1.165, 1.54) is 18.2 Å². The number of rotatable bonds is 9. The van der Waals surface area contributed by atoms with Crippen molar-refractivity contribution in [2.45, 2.75) is 11.5 Å². The van der Waals surface area contributed by atoms with Crippen molar-refractivity contribution in [3.8, 4) is 5.75 Å². The molecule has 0 unspecified atom stereocenters. The van der Waals surface area contributed by atoms with Crippen molar-refractivity contribution in [3.05, 3.63) is 101 Å². The van der Waals surface area contributed by atoms with Gasteiger partial charge in [0, 0.05) is 16.0 Å². The molecule has 0 aromatic heterocycles. The standard InChI is InChI=1S/C24H19FO4S/c25-20-14-19(11-13-23(20)30-16-24(27)28)21(26)12-10-18-8-4-5-9-22(18)29-15-17-6-2-1-3-7-17/h1-14H,15-16H2,(H,27,28)/b12-10+. The molecule has 0 aliphatic rings. The monoisotopic (exact) mass is 422 g/mol. The second-order valence-electron chi connectivity index (χ2n) is 6.34. The van der Waals surface area contributed by atoms with Gasteiger partial charge in [-0.3, -0.25) is 9.59 Å². The van der Waals surface area contributed by atoms with Crippen molar-refractivity contribution >= 4 is 29.6 Å². The summed E-state index contributed by atoms with van der Waals surface area (Å²) in [6.07, 6.45) is 3.00. The Kier molecular flexibility index (Phi) is 7.40. The number of ketones is 1. The van der Waals surface area contributed by atoms with E-state index in [4.69, 9.17) is 9.84 Å². The quantitative estimate of drug-likeness (QED) is 0.281. The summed E-state index contributed by atoms with van der Waals surface area (Å²) in [4.78, 5) is 23.3. The molecule has 3 aromatic rings. The zero-order chi connectivity index (χ0) is 21.3. The SMILES string of the molecule is O=C(O)CSc1ccc(C(=O)/C=C/c2ccccc2OCc2ccccc2)cc1F. The molecule has 0 bridgehead atoms. The van der Waals surface area contributed by atoms with Crippen LogP contribution >= 0.6 is 11.8 Å². The molecule has 3 aromatic carbocycles. The van der Waals surface area contributed by atoms with Gasteiger partial charge in [0.25, 0.3) is 0 Å². The Hall–Kier alpha value is -3.38. The number of carboxylic acids is 1. The number of carbonyl (C=O) groups is 2. The maximum Gasteiger partial charge on any atom is 0.313 e. The molecular weight excluding hydrogens is 403 g/mol. The minimum atomic E-state index is -1.03. The third kappa shape index (κ3) is 6.06. The van der Waals surface area contributed by atoms with Crippen LogP contribution in [0.4, 0.5) is 4.39 Å². The van der Waals surface area contributed by atoms with Crippen LogP contribution in [-0.2, 0) is 11.4 Å². The minimum Gasteiger partial charge on any atom is -0.488 e. The van der Waals surface area contributed by atoms with Gasteiger partial charge in [-0.25, -0.2) is 4.39 Å². The highest BCUT2D eigenvalue weighted by molar-refractivity contribution is 8.00. The fourth-order valence-electron chi connectivity index (χ4n) is 2.66. The number of carboxylic acid groups (broad SMARTS) is 1. The predicted molar refractivity (Wildman–Crippen MR) is 115 cm³/mol. The lowest BCUT2D eigenvalue weighted by molar-refractivity contribution is -0.133. The van der Waals surface area contributed by atoms with E-state index >= 15 is 0 Å². The lowest BCUT2D eigenvalue weighted by atomic mass is 10.1. The van der Waals surface area contributed by atoms with Gasteiger partial charge < -0.3 is 9.84 Å². The van der Waals surface area contributed by atoms with Crippen molar-refractivity contribution < 1.29 is 23.8 Å². The number of halogens is 1. The molecule has 152 valence electrons. The number of ether oxygens (including phenoxy) is 1. The van der Waals surface area contributed by atoms with Gasteiger partial charge in [0.2, 0.25) is 0 Å². The first-order chi connectivity index (χ1) is 14.5. The lowest BCUT2D eigenvalue weighted by Gasteiger charge is -2.09. The summed E-state index contributed by atoms with van der Waals surface area (Å²) in [5.41, 5.74) is 1.95. The van der Waals surface area contributed by atoms with Crippen molar-refractivity contribution in [2.24, 2.45) is 0 Å². The van der Waals surface area contributed by atoms with E-state index in [0.717, 1.165) is 29.0 Å². The first-order valence-electron chi connectivity index (χ1n) is 9.15. The molecule has 0 aliphatic heterocycles. The van der Waals surface area contributed by atoms with E-state index in [0.29, 0.717) is 12.4 Å². The molecule has 0 radical (unpaired) electrons. The largest absolute Gasteiger partial charge is 0.488 e. The number of para-hydroxylation sites is 1. The number of benzene rings is 3. The normalized spacial score (nSPS) is 10.8. The van der Waals surface area contributed by atoms with E-state index in [1.54, 1.807) is 6.08 Å². The summed E-state index contributed by atoms with van der Waals surface area (Å²) < 4.78 is 20.0. The molecule has 30 heavy (non-hydrogen) atoms. The fourth-order valence-corrected chi connectivity index (χ4v) is 3.30. The minimum absolute atomic E-state index is 0.186. The van der Waals surface area contributed by atoms with Crippen molar-refractivity contribution in [2.75, 3.05) is 5.75 Å². The van der Waals surface area contributed by atoms with Gasteiger partial charge in [-0.15, -0.1) is 11.8 Å². The topological polar surface area (TPSA) is 63.6 Å². The van der Waals surface area contributed by atoms with Gasteiger partial charge in [-0.05, 0) is 42.0 Å². The zero-order valence-corrected chi connectivity index (χ0v) is 16.8. The van der Waals surface area contributed by atoms with E-state index in [1.807, 2.05) is 54.6 Å². The molecule has 6 heteroatoms. The zero-order valence-electron chi connectivity index (χ0n) is 16.0. The number of allylic oxidation sites excluding steroid dienone is 1. The van der Waals surface area contributed by atoms with Gasteiger partial charge in [-0.2, -0.15) is 0 Å². The van der Waals surface area contributed by atoms with Crippen LogP contribution in [-0.4, -0.2) is 22.6 Å². The Balaban J connectivity index is 1.69. The van der Waals surface area contributed by atoms with Crippen LogP contribution in [0.25, 0.3) is 6.08 Å². The van der Waals surface area contributed by atoms with E-state index < -0.39 is 11.8 Å². The Morgan fingerprint density at radius 2 is 1.73 bits per heavy atom. The molecule has 1 N–H and O–H groups in total. The number of carbonyl (C=O) groups excluding carboxylic acids is 1. The molecule has 0 fully saturated rings. The van der Waals surface area contributed by atoms with Crippen LogP contribution in [0.15, 0.2) is 83.8 Å². The van der Waals surface area contributed by atoms with Crippen LogP contribution < -0.4 is 4.74 Å². The third-order valence-corrected chi connectivity index (χ3v) is 5.17. The molecule has 0 saturated heterocycles. The van der Waals surface area contributed by atoms with Crippen LogP contribution in [0.1, 0.15) is 21.5 Å². The number of aliphatic carboxylic acids is 1. The molecule has 0 spiro atoms. The van der Waals surface area contributed by atoms with Gasteiger partial charge in [0.1, 0.15) is 18.2 Å². The van der Waals surface area contributed by atoms with Crippen LogP contribution in [0, 0.1) is 5.82 Å².